The van der Waals surface area contributed by atoms with Crippen molar-refractivity contribution in [1.29, 1.82) is 0 Å². The molecule has 1 unspecified atom stereocenters. The number of anilines is 1. The van der Waals surface area contributed by atoms with Crippen LogP contribution in [0.5, 0.6) is 0 Å². The molecule has 7 nitrogen and oxygen atoms in total. The van der Waals surface area contributed by atoms with Gasteiger partial charge in [0.1, 0.15) is 5.82 Å². The number of aromatic nitrogens is 1. The maximum Gasteiger partial charge on any atom is 0.490 e. The quantitative estimate of drug-likeness (QED) is 0.385. The third-order valence-electron chi connectivity index (χ3n) is 5.55. The van der Waals surface area contributed by atoms with E-state index in [1.165, 1.54) is 12.1 Å². The number of amides is 1. The average Bonchev–Trinajstić information content (AvgIpc) is 2.83. The first-order chi connectivity index (χ1) is 17.0. The van der Waals surface area contributed by atoms with Crippen LogP contribution >= 0.6 is 15.9 Å². The highest BCUT2D eigenvalue weighted by Crippen LogP contribution is 2.25. The van der Waals surface area contributed by atoms with E-state index in [2.05, 4.69) is 32.3 Å². The van der Waals surface area contributed by atoms with Gasteiger partial charge in [0.2, 0.25) is 0 Å². The van der Waals surface area contributed by atoms with Crippen LogP contribution in [0, 0.1) is 5.82 Å². The monoisotopic (exact) mass is 571 g/mol. The number of halogens is 5. The van der Waals surface area contributed by atoms with Gasteiger partial charge in [0.25, 0.3) is 5.91 Å². The Hall–Kier alpha value is -3.25. The molecule has 3 N–H and O–H groups in total. The van der Waals surface area contributed by atoms with Gasteiger partial charge < -0.3 is 20.4 Å². The number of piperidine rings is 1. The summed E-state index contributed by atoms with van der Waals surface area (Å²) in [6, 6.07) is 12.7. The van der Waals surface area contributed by atoms with Crippen LogP contribution in [0.1, 0.15) is 24.5 Å². The number of carbonyl (C=O) groups excluding carboxylic acids is 1. The summed E-state index contributed by atoms with van der Waals surface area (Å²) in [4.78, 5) is 27.2. The number of rotatable bonds is 4. The third kappa shape index (κ3) is 7.14. The average molecular weight is 572 g/mol. The van der Waals surface area contributed by atoms with Crippen LogP contribution in [0.15, 0.2) is 59.3 Å². The number of nitrogens with zero attached hydrogens (tertiary/aromatic N) is 2. The maximum atomic E-state index is 14.1. The van der Waals surface area contributed by atoms with Crippen LogP contribution in [-0.4, -0.2) is 57.3 Å². The molecule has 1 amide bonds. The first kappa shape index (κ1) is 27.3. The summed E-state index contributed by atoms with van der Waals surface area (Å²) >= 11 is 3.18. The van der Waals surface area contributed by atoms with E-state index in [0.717, 1.165) is 29.3 Å². The van der Waals surface area contributed by atoms with E-state index in [1.54, 1.807) is 17.2 Å². The second-order valence-electron chi connectivity index (χ2n) is 8.05. The van der Waals surface area contributed by atoms with E-state index in [1.807, 2.05) is 24.4 Å². The van der Waals surface area contributed by atoms with Crippen molar-refractivity contribution in [3.8, 4) is 0 Å². The lowest BCUT2D eigenvalue weighted by Crippen LogP contribution is -2.44. The zero-order chi connectivity index (χ0) is 26.5. The molecule has 4 rings (SSSR count). The zero-order valence-electron chi connectivity index (χ0n) is 18.7. The van der Waals surface area contributed by atoms with Crippen LogP contribution in [0.4, 0.5) is 23.2 Å². The van der Waals surface area contributed by atoms with E-state index in [0.29, 0.717) is 17.6 Å². The fourth-order valence-electron chi connectivity index (χ4n) is 3.68. The number of pyridine rings is 1. The van der Waals surface area contributed by atoms with Crippen molar-refractivity contribution in [1.82, 2.24) is 9.88 Å². The molecule has 1 aliphatic rings. The molecule has 0 radical (unpaired) electrons. The Morgan fingerprint density at radius 1 is 1.08 bits per heavy atom. The molecule has 1 atom stereocenters. The van der Waals surface area contributed by atoms with Crippen LogP contribution in [0.3, 0.4) is 0 Å². The Morgan fingerprint density at radius 2 is 1.75 bits per heavy atom. The normalized spacial score (nSPS) is 15.1. The number of carbonyl (C=O) groups is 2. The number of hydrogen-bond acceptors (Lipinski definition) is 5. The van der Waals surface area contributed by atoms with Crippen molar-refractivity contribution < 1.29 is 37.4 Å². The Morgan fingerprint density at radius 3 is 2.36 bits per heavy atom. The molecule has 1 aromatic heterocycles. The molecule has 1 aliphatic heterocycles. The largest absolute Gasteiger partial charge is 0.490 e. The Balaban J connectivity index is 0.000000454. The molecule has 1 fully saturated rings. The summed E-state index contributed by atoms with van der Waals surface area (Å²) < 4.78 is 46.4. The zero-order valence-corrected chi connectivity index (χ0v) is 20.3. The highest BCUT2D eigenvalue weighted by molar-refractivity contribution is 9.10. The number of nitrogens with one attached hydrogen (secondary N) is 1. The van der Waals surface area contributed by atoms with Gasteiger partial charge in [0.15, 0.2) is 6.10 Å². The van der Waals surface area contributed by atoms with E-state index < -0.39 is 30.0 Å². The van der Waals surface area contributed by atoms with E-state index in [9.17, 15) is 27.5 Å². The lowest BCUT2D eigenvalue weighted by Gasteiger charge is -2.34. The molecule has 192 valence electrons. The highest BCUT2D eigenvalue weighted by Gasteiger charge is 2.38. The molecule has 0 aliphatic carbocycles. The number of fused-ring (bicyclic) bond motifs is 1. The second-order valence-corrected chi connectivity index (χ2v) is 8.97. The van der Waals surface area contributed by atoms with Crippen molar-refractivity contribution in [2.24, 2.45) is 0 Å². The van der Waals surface area contributed by atoms with E-state index >= 15 is 0 Å². The van der Waals surface area contributed by atoms with Gasteiger partial charge in [-0.1, -0.05) is 28.1 Å². The molecule has 12 heteroatoms. The molecule has 1 saturated heterocycles. The maximum absolute atomic E-state index is 14.1. The van der Waals surface area contributed by atoms with Crippen molar-refractivity contribution in [3.63, 3.8) is 0 Å². The number of benzene rings is 2. The van der Waals surface area contributed by atoms with Gasteiger partial charge in [-0.25, -0.2) is 9.18 Å². The second kappa shape index (κ2) is 11.7. The summed E-state index contributed by atoms with van der Waals surface area (Å²) in [7, 11) is 0. The van der Waals surface area contributed by atoms with Gasteiger partial charge >= 0.3 is 12.1 Å². The first-order valence-corrected chi connectivity index (χ1v) is 11.6. The van der Waals surface area contributed by atoms with E-state index in [-0.39, 0.29) is 11.6 Å². The molecule has 0 bridgehead atoms. The standard InChI is InChI=1S/C22H21BrFN3O2.C2HF3O2/c23-16-2-4-19(20(24)12-16)21(28)22(29)27-9-6-17(7-10-27)26-18-3-1-15-13-25-8-5-14(15)11-18;3-2(4,5)1(6)7/h1-5,8,11-13,17,21,26,28H,6-7,9-10H2;(H,6,7). The van der Waals surface area contributed by atoms with Gasteiger partial charge in [-0.05, 0) is 48.6 Å². The number of likely N-dealkylation sites (tertiary alicyclic amines) is 1. The molecule has 2 heterocycles. The topological polar surface area (TPSA) is 103 Å². The third-order valence-corrected chi connectivity index (χ3v) is 6.04. The van der Waals surface area contributed by atoms with Crippen LogP contribution in [-0.2, 0) is 9.59 Å². The summed E-state index contributed by atoms with van der Waals surface area (Å²) in [5, 5.41) is 23.2. The van der Waals surface area contributed by atoms with Crippen LogP contribution < -0.4 is 5.32 Å². The van der Waals surface area contributed by atoms with Crippen LogP contribution in [0.25, 0.3) is 10.8 Å². The Labute approximate surface area is 211 Å². The van der Waals surface area contributed by atoms with Gasteiger partial charge in [-0.2, -0.15) is 13.2 Å². The van der Waals surface area contributed by atoms with Gasteiger partial charge in [0, 0.05) is 52.6 Å². The minimum Gasteiger partial charge on any atom is -0.475 e. The summed E-state index contributed by atoms with van der Waals surface area (Å²) in [5.41, 5.74) is 1.04. The molecule has 36 heavy (non-hydrogen) atoms. The molecule has 3 aromatic rings. The lowest BCUT2D eigenvalue weighted by atomic mass is 10.0. The lowest BCUT2D eigenvalue weighted by molar-refractivity contribution is -0.192. The molecular formula is C24H22BrF4N3O4. The number of aliphatic hydroxyl groups is 1. The predicted molar refractivity (Wildman–Crippen MR) is 128 cm³/mol. The van der Waals surface area contributed by atoms with Crippen molar-refractivity contribution in [2.75, 3.05) is 18.4 Å². The Kier molecular flexibility index (Phi) is 8.85. The minimum absolute atomic E-state index is 0.00380. The van der Waals surface area contributed by atoms with E-state index in [4.69, 9.17) is 9.90 Å². The number of alkyl halides is 3. The summed E-state index contributed by atoms with van der Waals surface area (Å²) in [5.74, 6) is -3.81. The van der Waals surface area contributed by atoms with Crippen LogP contribution in [0.2, 0.25) is 0 Å². The summed E-state index contributed by atoms with van der Waals surface area (Å²) in [6.45, 7) is 1.03. The number of aliphatic hydroxyl groups excluding tert-OH is 1. The first-order valence-electron chi connectivity index (χ1n) is 10.8. The van der Waals surface area contributed by atoms with Gasteiger partial charge in [-0.3, -0.25) is 9.78 Å². The Bertz CT molecular complexity index is 1230. The molecular weight excluding hydrogens is 550 g/mol. The molecule has 0 spiro atoms. The van der Waals surface area contributed by atoms with Crippen molar-refractivity contribution in [2.45, 2.75) is 31.2 Å². The molecule has 0 saturated carbocycles. The fourth-order valence-corrected chi connectivity index (χ4v) is 4.02. The number of carboxylic acids is 1. The van der Waals surface area contributed by atoms with Crippen molar-refractivity contribution in [3.05, 3.63) is 70.7 Å². The van der Waals surface area contributed by atoms with Gasteiger partial charge in [-0.15, -0.1) is 0 Å². The SMILES string of the molecule is O=C(C(O)c1ccc(Br)cc1F)N1CCC(Nc2ccc3cnccc3c2)CC1.O=C(O)C(F)(F)F. The molecule has 2 aromatic carbocycles. The number of hydrogen-bond donors (Lipinski definition) is 3. The highest BCUT2D eigenvalue weighted by atomic mass is 79.9. The van der Waals surface area contributed by atoms with Gasteiger partial charge in [0.05, 0.1) is 0 Å². The number of carboxylic acid groups (broad SMARTS) is 1. The summed E-state index contributed by atoms with van der Waals surface area (Å²) in [6.07, 6.45) is -1.44. The smallest absolute Gasteiger partial charge is 0.475 e. The predicted octanol–water partition coefficient (Wildman–Crippen LogP) is 4.91. The van der Waals surface area contributed by atoms with Crippen molar-refractivity contribution >= 4 is 44.3 Å². The number of aliphatic carboxylic acids is 1. The minimum atomic E-state index is -5.08. The fraction of sp³-hybridized carbons (Fsp3) is 0.292.